The first-order chi connectivity index (χ1) is 17.0. The molecule has 2 atom stereocenters. The summed E-state index contributed by atoms with van der Waals surface area (Å²) in [6, 6.07) is 7.72. The molecule has 1 aliphatic carbocycles. The summed E-state index contributed by atoms with van der Waals surface area (Å²) < 4.78 is 5.57. The molecule has 1 aromatic carbocycles. The summed E-state index contributed by atoms with van der Waals surface area (Å²) in [5.74, 6) is -0.985. The molecule has 2 N–H and O–H groups in total. The van der Waals surface area contributed by atoms with Crippen molar-refractivity contribution < 1.29 is 24.2 Å². The Balaban J connectivity index is 1.50. The van der Waals surface area contributed by atoms with Crippen molar-refractivity contribution in [2.75, 3.05) is 13.2 Å². The molecule has 0 aromatic heterocycles. The van der Waals surface area contributed by atoms with Crippen LogP contribution in [0.2, 0.25) is 0 Å². The van der Waals surface area contributed by atoms with Gasteiger partial charge in [-0.2, -0.15) is 0 Å². The van der Waals surface area contributed by atoms with E-state index >= 15 is 0 Å². The molecule has 7 heteroatoms. The lowest BCUT2D eigenvalue weighted by molar-refractivity contribution is -0.147. The van der Waals surface area contributed by atoms with Crippen LogP contribution in [-0.4, -0.2) is 52.6 Å². The maximum absolute atomic E-state index is 13.5. The first kappa shape index (κ1) is 25.4. The largest absolute Gasteiger partial charge is 0.463 e. The van der Waals surface area contributed by atoms with E-state index in [1.54, 1.807) is 4.90 Å². The van der Waals surface area contributed by atoms with E-state index in [0.717, 1.165) is 56.1 Å². The average molecular weight is 483 g/mol. The number of cyclic esters (lactones) is 1. The van der Waals surface area contributed by atoms with Crippen LogP contribution >= 0.6 is 0 Å². The first-order valence-electron chi connectivity index (χ1n) is 13.1. The number of ether oxygens (including phenoxy) is 1. The number of hydrogen-bond acceptors (Lipinski definition) is 5. The lowest BCUT2D eigenvalue weighted by atomic mass is 9.91. The topological polar surface area (TPSA) is 95.9 Å². The van der Waals surface area contributed by atoms with Crippen LogP contribution in [0.25, 0.3) is 0 Å². The molecule has 7 nitrogen and oxygen atoms in total. The molecule has 35 heavy (non-hydrogen) atoms. The van der Waals surface area contributed by atoms with Gasteiger partial charge in [-0.15, -0.1) is 0 Å². The number of allylic oxidation sites excluding steroid dienone is 2. The van der Waals surface area contributed by atoms with Crippen LogP contribution in [0.3, 0.4) is 0 Å². The first-order valence-corrected chi connectivity index (χ1v) is 13.1. The van der Waals surface area contributed by atoms with Gasteiger partial charge >= 0.3 is 5.97 Å². The van der Waals surface area contributed by atoms with Gasteiger partial charge in [-0.25, -0.2) is 0 Å². The van der Waals surface area contributed by atoms with Gasteiger partial charge in [0.25, 0.3) is 0 Å². The molecule has 1 fully saturated rings. The van der Waals surface area contributed by atoms with Crippen LogP contribution in [-0.2, 0) is 32.1 Å². The van der Waals surface area contributed by atoms with Gasteiger partial charge in [-0.05, 0) is 56.1 Å². The molecule has 2 aliphatic heterocycles. The molecule has 0 radical (unpaired) electrons. The summed E-state index contributed by atoms with van der Waals surface area (Å²) in [4.78, 5) is 40.9. The number of carbonyl (C=O) groups excluding carboxylic acids is 3. The van der Waals surface area contributed by atoms with Crippen LogP contribution in [0.5, 0.6) is 0 Å². The smallest absolute Gasteiger partial charge is 0.305 e. The molecule has 1 spiro atoms. The zero-order chi connectivity index (χ0) is 24.7. The van der Waals surface area contributed by atoms with Crippen molar-refractivity contribution in [3.63, 3.8) is 0 Å². The van der Waals surface area contributed by atoms with Crippen molar-refractivity contribution in [2.24, 2.45) is 5.92 Å². The monoisotopic (exact) mass is 482 g/mol. The standard InChI is InChI=1S/C28H38N2O5/c31-19-24-16-21-10-6-7-12-23(21)18-30(24)25(32)17-22-11-4-2-1-3-5-13-26(33)35-20-28(29-27(22)34)14-8-9-15-28/h2,4,6-7,10,12,22,24,31H,1,3,5,8-9,11,13-20H2,(H,29,34). The van der Waals surface area contributed by atoms with Gasteiger partial charge in [-0.1, -0.05) is 49.3 Å². The summed E-state index contributed by atoms with van der Waals surface area (Å²) in [6.07, 6.45) is 11.6. The van der Waals surface area contributed by atoms with Gasteiger partial charge in [0, 0.05) is 19.4 Å². The third-order valence-electron chi connectivity index (χ3n) is 7.73. The van der Waals surface area contributed by atoms with Gasteiger partial charge in [0.05, 0.1) is 24.1 Å². The molecule has 2 heterocycles. The van der Waals surface area contributed by atoms with E-state index in [2.05, 4.69) is 5.32 Å². The number of amides is 2. The van der Waals surface area contributed by atoms with Crippen molar-refractivity contribution in [1.29, 1.82) is 0 Å². The SMILES string of the molecule is O=C1CCCCC=CCC(CC(=O)N2Cc3ccccc3CC2CO)C(=O)NC2(CCCC2)CO1. The Morgan fingerprint density at radius 1 is 1.09 bits per heavy atom. The zero-order valence-electron chi connectivity index (χ0n) is 20.5. The minimum absolute atomic E-state index is 0.0880. The van der Waals surface area contributed by atoms with E-state index in [4.69, 9.17) is 4.74 Å². The highest BCUT2D eigenvalue weighted by Crippen LogP contribution is 2.32. The highest BCUT2D eigenvalue weighted by molar-refractivity contribution is 5.86. The van der Waals surface area contributed by atoms with E-state index in [-0.39, 0.29) is 43.5 Å². The van der Waals surface area contributed by atoms with Crippen molar-refractivity contribution in [3.05, 3.63) is 47.5 Å². The van der Waals surface area contributed by atoms with E-state index in [1.807, 2.05) is 36.4 Å². The molecule has 2 amide bonds. The van der Waals surface area contributed by atoms with Gasteiger partial charge in [0.1, 0.15) is 6.61 Å². The number of fused-ring (bicyclic) bond motifs is 1. The Labute approximate surface area is 207 Å². The predicted octanol–water partition coefficient (Wildman–Crippen LogP) is 3.43. The fourth-order valence-electron chi connectivity index (χ4n) is 5.57. The molecular weight excluding hydrogens is 444 g/mol. The molecule has 0 bridgehead atoms. The second kappa shape index (κ2) is 11.8. The fraction of sp³-hybridized carbons (Fsp3) is 0.607. The van der Waals surface area contributed by atoms with Gasteiger partial charge in [0.15, 0.2) is 0 Å². The van der Waals surface area contributed by atoms with Crippen molar-refractivity contribution in [2.45, 2.75) is 88.8 Å². The van der Waals surface area contributed by atoms with E-state index in [9.17, 15) is 19.5 Å². The number of aliphatic hydroxyl groups excluding tert-OH is 1. The molecule has 1 aromatic rings. The number of esters is 1. The average Bonchev–Trinajstić information content (AvgIpc) is 3.33. The van der Waals surface area contributed by atoms with Crippen molar-refractivity contribution >= 4 is 17.8 Å². The number of hydrogen-bond donors (Lipinski definition) is 2. The number of carbonyl (C=O) groups is 3. The van der Waals surface area contributed by atoms with Gasteiger partial charge in [-0.3, -0.25) is 14.4 Å². The summed E-state index contributed by atoms with van der Waals surface area (Å²) in [5.41, 5.74) is 1.71. The number of aliphatic hydroxyl groups is 1. The highest BCUT2D eigenvalue weighted by atomic mass is 16.5. The van der Waals surface area contributed by atoms with Gasteiger partial charge in [0.2, 0.25) is 11.8 Å². The molecular formula is C28H38N2O5. The molecule has 4 rings (SSSR count). The van der Waals surface area contributed by atoms with Crippen LogP contribution in [0.4, 0.5) is 0 Å². The third-order valence-corrected chi connectivity index (χ3v) is 7.73. The lowest BCUT2D eigenvalue weighted by Gasteiger charge is -2.37. The number of benzene rings is 1. The van der Waals surface area contributed by atoms with Crippen LogP contribution in [0.1, 0.15) is 75.3 Å². The second-order valence-corrected chi connectivity index (χ2v) is 10.3. The maximum Gasteiger partial charge on any atom is 0.305 e. The van der Waals surface area contributed by atoms with Crippen LogP contribution in [0.15, 0.2) is 36.4 Å². The van der Waals surface area contributed by atoms with E-state index in [0.29, 0.717) is 25.8 Å². The number of rotatable bonds is 3. The zero-order valence-corrected chi connectivity index (χ0v) is 20.5. The quantitative estimate of drug-likeness (QED) is 0.508. The lowest BCUT2D eigenvalue weighted by Crippen LogP contribution is -2.53. The minimum atomic E-state index is -0.542. The summed E-state index contributed by atoms with van der Waals surface area (Å²) in [7, 11) is 0. The van der Waals surface area contributed by atoms with Crippen molar-refractivity contribution in [1.82, 2.24) is 10.2 Å². The molecule has 0 saturated heterocycles. The van der Waals surface area contributed by atoms with E-state index < -0.39 is 11.5 Å². The Bertz CT molecular complexity index is 937. The van der Waals surface area contributed by atoms with Crippen LogP contribution < -0.4 is 5.32 Å². The van der Waals surface area contributed by atoms with Crippen molar-refractivity contribution in [3.8, 4) is 0 Å². The summed E-state index contributed by atoms with van der Waals surface area (Å²) in [6.45, 7) is 0.541. The third kappa shape index (κ3) is 6.51. The Hall–Kier alpha value is -2.67. The van der Waals surface area contributed by atoms with Gasteiger partial charge < -0.3 is 20.1 Å². The number of nitrogens with zero attached hydrogens (tertiary/aromatic N) is 1. The normalized spacial score (nSPS) is 25.5. The molecule has 190 valence electrons. The summed E-state index contributed by atoms with van der Waals surface area (Å²) >= 11 is 0. The second-order valence-electron chi connectivity index (χ2n) is 10.3. The van der Waals surface area contributed by atoms with E-state index in [1.165, 1.54) is 0 Å². The van der Waals surface area contributed by atoms with Crippen LogP contribution in [0, 0.1) is 5.92 Å². The molecule has 2 unspecified atom stereocenters. The Morgan fingerprint density at radius 3 is 2.63 bits per heavy atom. The fourth-order valence-corrected chi connectivity index (χ4v) is 5.57. The summed E-state index contributed by atoms with van der Waals surface area (Å²) in [5, 5.41) is 13.2. The Kier molecular flexibility index (Phi) is 8.60. The molecule has 3 aliphatic rings. The number of nitrogens with one attached hydrogen (secondary N) is 1. The minimum Gasteiger partial charge on any atom is -0.463 e. The predicted molar refractivity (Wildman–Crippen MR) is 132 cm³/mol. The maximum atomic E-state index is 13.5. The molecule has 1 saturated carbocycles. The Morgan fingerprint density at radius 2 is 1.86 bits per heavy atom. The highest BCUT2D eigenvalue weighted by Gasteiger charge is 2.39.